The zero-order valence-corrected chi connectivity index (χ0v) is 10.3. The fourth-order valence-electron chi connectivity index (χ4n) is 0.921. The monoisotopic (exact) mass is 238 g/mol. The Bertz CT molecular complexity index is 504. The molecule has 16 heavy (non-hydrogen) atoms. The van der Waals surface area contributed by atoms with Crippen molar-refractivity contribution in [1.82, 2.24) is 0 Å². The normalized spacial score (nSPS) is 11.9. The van der Waals surface area contributed by atoms with E-state index in [0.29, 0.717) is 11.3 Å². The molecule has 0 aromatic heterocycles. The largest absolute Gasteiger partial charge is 0.283 e. The third kappa shape index (κ3) is 2.74. The number of benzene rings is 1. The van der Waals surface area contributed by atoms with Gasteiger partial charge in [0.1, 0.15) is 0 Å². The molecule has 0 saturated carbocycles. The van der Waals surface area contributed by atoms with E-state index >= 15 is 0 Å². The van der Waals surface area contributed by atoms with Crippen LogP contribution in [-0.4, -0.2) is 13.2 Å². The van der Waals surface area contributed by atoms with Gasteiger partial charge in [-0.1, -0.05) is 0 Å². The topological polar surface area (TPSA) is 70.0 Å². The van der Waals surface area contributed by atoms with E-state index in [-0.39, 0.29) is 0 Å². The van der Waals surface area contributed by atoms with E-state index < -0.39 is 14.8 Å². The highest BCUT2D eigenvalue weighted by Gasteiger charge is 2.28. The SMILES string of the molecule is CC(C)(C)S(=O)(=O)Nc1ccc(C#N)cc1. The summed E-state index contributed by atoms with van der Waals surface area (Å²) in [5.41, 5.74) is 0.965. The summed E-state index contributed by atoms with van der Waals surface area (Å²) in [5, 5.41) is 8.60. The number of rotatable bonds is 2. The molecule has 1 N–H and O–H groups in total. The molecule has 5 heteroatoms. The van der Waals surface area contributed by atoms with Crippen molar-refractivity contribution in [2.75, 3.05) is 4.72 Å². The maximum absolute atomic E-state index is 11.8. The van der Waals surface area contributed by atoms with Crippen LogP contribution in [0.4, 0.5) is 5.69 Å². The molecular formula is C11H14N2O2S. The second kappa shape index (κ2) is 4.14. The first-order valence-corrected chi connectivity index (χ1v) is 6.27. The minimum absolute atomic E-state index is 0.467. The van der Waals surface area contributed by atoms with Crippen molar-refractivity contribution in [3.8, 4) is 6.07 Å². The number of nitrogens with one attached hydrogen (secondary N) is 1. The zero-order valence-electron chi connectivity index (χ0n) is 9.48. The highest BCUT2D eigenvalue weighted by atomic mass is 32.2. The van der Waals surface area contributed by atoms with Crippen molar-refractivity contribution in [2.45, 2.75) is 25.5 Å². The first-order chi connectivity index (χ1) is 7.26. The summed E-state index contributed by atoms with van der Waals surface area (Å²) >= 11 is 0. The van der Waals surface area contributed by atoms with Crippen LogP contribution in [0.5, 0.6) is 0 Å². The minimum Gasteiger partial charge on any atom is -0.283 e. The average Bonchev–Trinajstić information content (AvgIpc) is 2.16. The van der Waals surface area contributed by atoms with Gasteiger partial charge in [-0.25, -0.2) is 8.42 Å². The van der Waals surface area contributed by atoms with Crippen LogP contribution in [0.3, 0.4) is 0 Å². The third-order valence-corrected chi connectivity index (χ3v) is 4.19. The van der Waals surface area contributed by atoms with Crippen molar-refractivity contribution in [3.63, 3.8) is 0 Å². The van der Waals surface area contributed by atoms with E-state index in [0.717, 1.165) is 0 Å². The Hall–Kier alpha value is -1.54. The molecule has 1 aromatic rings. The number of hydrogen-bond donors (Lipinski definition) is 1. The number of nitriles is 1. The Kier molecular flexibility index (Phi) is 3.24. The number of nitrogens with zero attached hydrogens (tertiary/aromatic N) is 1. The van der Waals surface area contributed by atoms with E-state index in [1.807, 2.05) is 6.07 Å². The van der Waals surface area contributed by atoms with Gasteiger partial charge in [0, 0.05) is 5.69 Å². The Morgan fingerprint density at radius 2 is 1.69 bits per heavy atom. The summed E-state index contributed by atoms with van der Waals surface area (Å²) in [6.07, 6.45) is 0. The summed E-state index contributed by atoms with van der Waals surface area (Å²) < 4.78 is 25.2. The summed E-state index contributed by atoms with van der Waals surface area (Å²) in [6.45, 7) is 4.87. The van der Waals surface area contributed by atoms with E-state index in [9.17, 15) is 8.42 Å². The van der Waals surface area contributed by atoms with E-state index in [4.69, 9.17) is 5.26 Å². The van der Waals surface area contributed by atoms with Crippen LogP contribution in [0, 0.1) is 11.3 Å². The summed E-state index contributed by atoms with van der Waals surface area (Å²) in [6, 6.07) is 8.25. The maximum Gasteiger partial charge on any atom is 0.237 e. The van der Waals surface area contributed by atoms with Crippen LogP contribution < -0.4 is 4.72 Å². The standard InChI is InChI=1S/C11H14N2O2S/c1-11(2,3)16(14,15)13-10-6-4-9(8-12)5-7-10/h4-7,13H,1-3H3. The Morgan fingerprint density at radius 1 is 1.19 bits per heavy atom. The summed E-state index contributed by atoms with van der Waals surface area (Å²) in [5.74, 6) is 0. The number of hydrogen-bond acceptors (Lipinski definition) is 3. The highest BCUT2D eigenvalue weighted by Crippen LogP contribution is 2.19. The predicted octanol–water partition coefficient (Wildman–Crippen LogP) is 2.10. The van der Waals surface area contributed by atoms with Crippen LogP contribution in [0.1, 0.15) is 26.3 Å². The van der Waals surface area contributed by atoms with E-state index in [1.165, 1.54) is 0 Å². The van der Waals surface area contributed by atoms with Gasteiger partial charge in [0.25, 0.3) is 0 Å². The van der Waals surface area contributed by atoms with Crippen molar-refractivity contribution >= 4 is 15.7 Å². The van der Waals surface area contributed by atoms with Gasteiger partial charge in [-0.15, -0.1) is 0 Å². The molecule has 0 spiro atoms. The molecule has 86 valence electrons. The molecule has 0 atom stereocenters. The van der Waals surface area contributed by atoms with Crippen molar-refractivity contribution < 1.29 is 8.42 Å². The molecule has 4 nitrogen and oxygen atoms in total. The molecule has 0 fully saturated rings. The van der Waals surface area contributed by atoms with Gasteiger partial charge < -0.3 is 0 Å². The molecule has 0 aliphatic rings. The van der Waals surface area contributed by atoms with Gasteiger partial charge in [0.15, 0.2) is 0 Å². The molecular weight excluding hydrogens is 224 g/mol. The van der Waals surface area contributed by atoms with Gasteiger partial charge >= 0.3 is 0 Å². The van der Waals surface area contributed by atoms with Crippen LogP contribution >= 0.6 is 0 Å². The Balaban J connectivity index is 2.95. The summed E-state index contributed by atoms with van der Waals surface area (Å²) in [7, 11) is -3.40. The van der Waals surface area contributed by atoms with Gasteiger partial charge in [0.05, 0.1) is 16.4 Å². The van der Waals surface area contributed by atoms with Gasteiger partial charge in [-0.05, 0) is 45.0 Å². The maximum atomic E-state index is 11.8. The smallest absolute Gasteiger partial charge is 0.237 e. The molecule has 0 bridgehead atoms. The average molecular weight is 238 g/mol. The fourth-order valence-corrected chi connectivity index (χ4v) is 1.67. The molecule has 0 aliphatic carbocycles. The van der Waals surface area contributed by atoms with E-state index in [2.05, 4.69) is 4.72 Å². The highest BCUT2D eigenvalue weighted by molar-refractivity contribution is 7.94. The van der Waals surface area contributed by atoms with E-state index in [1.54, 1.807) is 45.0 Å². The van der Waals surface area contributed by atoms with Crippen LogP contribution in [-0.2, 0) is 10.0 Å². The number of sulfonamides is 1. The molecule has 0 heterocycles. The minimum atomic E-state index is -3.40. The fraction of sp³-hybridized carbons (Fsp3) is 0.364. The lowest BCUT2D eigenvalue weighted by Gasteiger charge is -2.20. The molecule has 0 radical (unpaired) electrons. The number of anilines is 1. The summed E-state index contributed by atoms with van der Waals surface area (Å²) in [4.78, 5) is 0. The molecule has 0 aliphatic heterocycles. The van der Waals surface area contributed by atoms with Crippen LogP contribution in [0.25, 0.3) is 0 Å². The molecule has 0 amide bonds. The lowest BCUT2D eigenvalue weighted by Crippen LogP contribution is -2.33. The quantitative estimate of drug-likeness (QED) is 0.857. The first-order valence-electron chi connectivity index (χ1n) is 4.79. The second-order valence-electron chi connectivity index (χ2n) is 4.41. The Labute approximate surface area is 96.0 Å². The van der Waals surface area contributed by atoms with Crippen LogP contribution in [0.2, 0.25) is 0 Å². The first kappa shape index (κ1) is 12.5. The lowest BCUT2D eigenvalue weighted by molar-refractivity contribution is 0.566. The Morgan fingerprint density at radius 3 is 2.06 bits per heavy atom. The molecule has 0 unspecified atom stereocenters. The van der Waals surface area contributed by atoms with Gasteiger partial charge in [0.2, 0.25) is 10.0 Å². The van der Waals surface area contributed by atoms with Crippen LogP contribution in [0.15, 0.2) is 24.3 Å². The van der Waals surface area contributed by atoms with Gasteiger partial charge in [-0.2, -0.15) is 5.26 Å². The molecule has 0 saturated heterocycles. The van der Waals surface area contributed by atoms with Crippen molar-refractivity contribution in [1.29, 1.82) is 5.26 Å². The second-order valence-corrected chi connectivity index (χ2v) is 6.84. The predicted molar refractivity (Wildman–Crippen MR) is 63.5 cm³/mol. The third-order valence-electron chi connectivity index (χ3n) is 2.07. The zero-order chi connectivity index (χ0) is 12.4. The van der Waals surface area contributed by atoms with Crippen molar-refractivity contribution in [3.05, 3.63) is 29.8 Å². The van der Waals surface area contributed by atoms with Crippen molar-refractivity contribution in [2.24, 2.45) is 0 Å². The molecule has 1 aromatic carbocycles. The lowest BCUT2D eigenvalue weighted by atomic mass is 10.2. The van der Waals surface area contributed by atoms with Gasteiger partial charge in [-0.3, -0.25) is 4.72 Å². The molecule has 1 rings (SSSR count).